The van der Waals surface area contributed by atoms with Crippen LogP contribution in [-0.4, -0.2) is 27.9 Å². The van der Waals surface area contributed by atoms with E-state index < -0.39 is 0 Å². The molecule has 0 saturated carbocycles. The minimum absolute atomic E-state index is 0.547. The van der Waals surface area contributed by atoms with Gasteiger partial charge < -0.3 is 4.90 Å². The molecule has 1 saturated heterocycles. The minimum Gasteiger partial charge on any atom is -0.340 e. The first-order valence-corrected chi connectivity index (χ1v) is 6.69. The van der Waals surface area contributed by atoms with Crippen LogP contribution in [0.4, 0.5) is 5.95 Å². The van der Waals surface area contributed by atoms with E-state index in [-0.39, 0.29) is 0 Å². The fraction of sp³-hybridized carbons (Fsp3) is 0.667. The van der Waals surface area contributed by atoms with Crippen molar-refractivity contribution >= 4 is 21.9 Å². The Hall–Kier alpha value is -0.640. The Balaban J connectivity index is 2.18. The molecular formula is C12H18BrN3. The number of rotatable bonds is 1. The summed E-state index contributed by atoms with van der Waals surface area (Å²) in [5, 5.41) is 0. The fourth-order valence-corrected chi connectivity index (χ4v) is 2.67. The molecule has 0 spiro atoms. The zero-order valence-corrected chi connectivity index (χ0v) is 11.7. The van der Waals surface area contributed by atoms with Gasteiger partial charge in [-0.2, -0.15) is 0 Å². The summed E-state index contributed by atoms with van der Waals surface area (Å²) in [6.45, 7) is 8.40. The number of alkyl halides is 1. The first-order chi connectivity index (χ1) is 7.56. The molecule has 0 bridgehead atoms. The maximum atomic E-state index is 4.51. The fourth-order valence-electron chi connectivity index (χ4n) is 2.05. The van der Waals surface area contributed by atoms with Gasteiger partial charge >= 0.3 is 0 Å². The van der Waals surface area contributed by atoms with Crippen molar-refractivity contribution in [2.75, 3.05) is 18.0 Å². The Morgan fingerprint density at radius 3 is 2.50 bits per heavy atom. The number of halogens is 1. The molecule has 1 aromatic rings. The average Bonchev–Trinajstić information content (AvgIpc) is 2.20. The molecular weight excluding hydrogens is 266 g/mol. The number of piperidine rings is 1. The van der Waals surface area contributed by atoms with Crippen LogP contribution in [0, 0.1) is 19.8 Å². The summed E-state index contributed by atoms with van der Waals surface area (Å²) in [5.41, 5.74) is 2.10. The van der Waals surface area contributed by atoms with Gasteiger partial charge in [-0.15, -0.1) is 0 Å². The molecule has 2 heterocycles. The maximum absolute atomic E-state index is 4.51. The second-order valence-corrected chi connectivity index (χ2v) is 5.85. The van der Waals surface area contributed by atoms with Crippen molar-refractivity contribution in [2.45, 2.75) is 32.0 Å². The highest BCUT2D eigenvalue weighted by Crippen LogP contribution is 2.25. The average molecular weight is 284 g/mol. The molecule has 0 amide bonds. The third-order valence-corrected chi connectivity index (χ3v) is 4.31. The van der Waals surface area contributed by atoms with Gasteiger partial charge in [-0.3, -0.25) is 0 Å². The van der Waals surface area contributed by atoms with Crippen molar-refractivity contribution in [3.63, 3.8) is 0 Å². The van der Waals surface area contributed by atoms with Crippen LogP contribution in [0.15, 0.2) is 6.07 Å². The molecule has 0 radical (unpaired) electrons. The Morgan fingerprint density at radius 1 is 1.31 bits per heavy atom. The summed E-state index contributed by atoms with van der Waals surface area (Å²) in [6.07, 6.45) is 1.20. The SMILES string of the molecule is Cc1cc(C)nc(N2CCC(C)C(Br)C2)n1. The first kappa shape index (κ1) is 11.8. The smallest absolute Gasteiger partial charge is 0.225 e. The van der Waals surface area contributed by atoms with Gasteiger partial charge in [-0.05, 0) is 32.3 Å². The molecule has 88 valence electrons. The van der Waals surface area contributed by atoms with E-state index in [1.165, 1.54) is 6.42 Å². The highest BCUT2D eigenvalue weighted by Gasteiger charge is 2.25. The molecule has 4 heteroatoms. The first-order valence-electron chi connectivity index (χ1n) is 5.77. The molecule has 0 N–H and O–H groups in total. The summed E-state index contributed by atoms with van der Waals surface area (Å²) in [7, 11) is 0. The largest absolute Gasteiger partial charge is 0.340 e. The van der Waals surface area contributed by atoms with E-state index in [9.17, 15) is 0 Å². The van der Waals surface area contributed by atoms with Crippen LogP contribution >= 0.6 is 15.9 Å². The molecule has 0 aliphatic carbocycles. The van der Waals surface area contributed by atoms with Gasteiger partial charge in [0.25, 0.3) is 0 Å². The number of aromatic nitrogens is 2. The molecule has 2 unspecified atom stereocenters. The summed E-state index contributed by atoms with van der Waals surface area (Å²) in [4.78, 5) is 11.8. The normalized spacial score (nSPS) is 25.9. The molecule has 1 aliphatic rings. The molecule has 16 heavy (non-hydrogen) atoms. The number of nitrogens with zero attached hydrogens (tertiary/aromatic N) is 3. The lowest BCUT2D eigenvalue weighted by Crippen LogP contribution is -2.41. The zero-order chi connectivity index (χ0) is 11.7. The Bertz CT molecular complexity index is 360. The molecule has 1 aliphatic heterocycles. The van der Waals surface area contributed by atoms with E-state index >= 15 is 0 Å². The standard InChI is InChI=1S/C12H18BrN3/c1-8-4-5-16(7-11(8)13)12-14-9(2)6-10(3)15-12/h6,8,11H,4-5,7H2,1-3H3. The summed E-state index contributed by atoms with van der Waals surface area (Å²) >= 11 is 3.73. The van der Waals surface area contributed by atoms with Gasteiger partial charge in [0.1, 0.15) is 0 Å². The summed E-state index contributed by atoms with van der Waals surface area (Å²) < 4.78 is 0. The topological polar surface area (TPSA) is 29.0 Å². The van der Waals surface area contributed by atoms with Crippen LogP contribution in [0.1, 0.15) is 24.7 Å². The molecule has 3 nitrogen and oxygen atoms in total. The van der Waals surface area contributed by atoms with Gasteiger partial charge in [-0.25, -0.2) is 9.97 Å². The molecule has 0 aromatic carbocycles. The lowest BCUT2D eigenvalue weighted by molar-refractivity contribution is 0.452. The molecule has 1 fully saturated rings. The van der Waals surface area contributed by atoms with E-state index in [1.807, 2.05) is 19.9 Å². The van der Waals surface area contributed by atoms with E-state index in [0.29, 0.717) is 4.83 Å². The third-order valence-electron chi connectivity index (χ3n) is 3.12. The Labute approximate surface area is 105 Å². The quantitative estimate of drug-likeness (QED) is 0.742. The van der Waals surface area contributed by atoms with Crippen molar-refractivity contribution in [1.29, 1.82) is 0 Å². The van der Waals surface area contributed by atoms with Gasteiger partial charge in [-0.1, -0.05) is 22.9 Å². The number of hydrogen-bond donors (Lipinski definition) is 0. The second-order valence-electron chi connectivity index (χ2n) is 4.68. The highest BCUT2D eigenvalue weighted by atomic mass is 79.9. The van der Waals surface area contributed by atoms with Crippen LogP contribution in [0.3, 0.4) is 0 Å². The van der Waals surface area contributed by atoms with Crippen molar-refractivity contribution in [3.05, 3.63) is 17.5 Å². The molecule has 1 aromatic heterocycles. The highest BCUT2D eigenvalue weighted by molar-refractivity contribution is 9.09. The van der Waals surface area contributed by atoms with Crippen LogP contribution in [-0.2, 0) is 0 Å². The van der Waals surface area contributed by atoms with Crippen LogP contribution < -0.4 is 4.90 Å². The van der Waals surface area contributed by atoms with Crippen LogP contribution in [0.2, 0.25) is 0 Å². The molecule has 2 atom stereocenters. The lowest BCUT2D eigenvalue weighted by Gasteiger charge is -2.34. The van der Waals surface area contributed by atoms with E-state index in [1.54, 1.807) is 0 Å². The van der Waals surface area contributed by atoms with Crippen molar-refractivity contribution < 1.29 is 0 Å². The predicted molar refractivity (Wildman–Crippen MR) is 70.2 cm³/mol. The Morgan fingerprint density at radius 2 is 1.94 bits per heavy atom. The van der Waals surface area contributed by atoms with Crippen molar-refractivity contribution in [2.24, 2.45) is 5.92 Å². The maximum Gasteiger partial charge on any atom is 0.225 e. The number of anilines is 1. The molecule has 2 rings (SSSR count). The van der Waals surface area contributed by atoms with Crippen LogP contribution in [0.25, 0.3) is 0 Å². The Kier molecular flexibility index (Phi) is 3.47. The monoisotopic (exact) mass is 283 g/mol. The predicted octanol–water partition coefficient (Wildman–Crippen LogP) is 2.70. The minimum atomic E-state index is 0.547. The van der Waals surface area contributed by atoms with Crippen molar-refractivity contribution in [1.82, 2.24) is 9.97 Å². The lowest BCUT2D eigenvalue weighted by atomic mass is 9.99. The summed E-state index contributed by atoms with van der Waals surface area (Å²) in [5.74, 6) is 1.62. The van der Waals surface area contributed by atoms with Gasteiger partial charge in [0.2, 0.25) is 5.95 Å². The number of aryl methyl sites for hydroxylation is 2. The zero-order valence-electron chi connectivity index (χ0n) is 10.1. The third kappa shape index (κ3) is 2.54. The van der Waals surface area contributed by atoms with Gasteiger partial charge in [0, 0.05) is 29.3 Å². The van der Waals surface area contributed by atoms with Gasteiger partial charge in [0.05, 0.1) is 0 Å². The van der Waals surface area contributed by atoms with E-state index in [0.717, 1.165) is 36.3 Å². The van der Waals surface area contributed by atoms with Gasteiger partial charge in [0.15, 0.2) is 0 Å². The number of hydrogen-bond acceptors (Lipinski definition) is 3. The van der Waals surface area contributed by atoms with Crippen LogP contribution in [0.5, 0.6) is 0 Å². The van der Waals surface area contributed by atoms with E-state index in [2.05, 4.69) is 37.7 Å². The van der Waals surface area contributed by atoms with E-state index in [4.69, 9.17) is 0 Å². The second kappa shape index (κ2) is 4.70. The summed E-state index contributed by atoms with van der Waals surface area (Å²) in [6, 6.07) is 2.02. The van der Waals surface area contributed by atoms with Crippen molar-refractivity contribution in [3.8, 4) is 0 Å².